The Morgan fingerprint density at radius 2 is 1.89 bits per heavy atom. The number of hydrogen-bond donors (Lipinski definition) is 3. The molecule has 1 aromatic heterocycles. The predicted octanol–water partition coefficient (Wildman–Crippen LogP) is 0.784. The van der Waals surface area contributed by atoms with E-state index in [1.165, 1.54) is 0 Å². The fraction of sp³-hybridized carbons (Fsp3) is 0.727. The largest absolute Gasteiger partial charge is 0.463 e. The normalized spacial score (nSPS) is 10.3. The lowest BCUT2D eigenvalue weighted by Gasteiger charge is -2.08. The van der Waals surface area contributed by atoms with Gasteiger partial charge in [0, 0.05) is 20.3 Å². The van der Waals surface area contributed by atoms with Crippen LogP contribution in [0.1, 0.15) is 26.2 Å². The van der Waals surface area contributed by atoms with Crippen LogP contribution in [0.3, 0.4) is 0 Å². The van der Waals surface area contributed by atoms with Gasteiger partial charge in [0.1, 0.15) is 0 Å². The van der Waals surface area contributed by atoms with Crippen molar-refractivity contribution in [3.8, 4) is 6.01 Å². The van der Waals surface area contributed by atoms with Gasteiger partial charge in [-0.15, -0.1) is 0 Å². The minimum atomic E-state index is 0.268. The molecule has 0 aromatic carbocycles. The zero-order valence-corrected chi connectivity index (χ0v) is 11.5. The first kappa shape index (κ1) is 15.4. The van der Waals surface area contributed by atoms with Gasteiger partial charge in [0.2, 0.25) is 11.9 Å². The molecule has 1 rings (SSSR count). The molecular formula is C11H22N6O2. The molecule has 8 heteroatoms. The summed E-state index contributed by atoms with van der Waals surface area (Å²) in [5.41, 5.74) is 2.39. The third-order valence-corrected chi connectivity index (χ3v) is 2.24. The smallest absolute Gasteiger partial charge is 0.323 e. The molecular weight excluding hydrogens is 248 g/mol. The van der Waals surface area contributed by atoms with Gasteiger partial charge < -0.3 is 14.8 Å². The molecule has 0 aliphatic rings. The number of anilines is 2. The number of nitrogens with zero attached hydrogens (tertiary/aromatic N) is 3. The summed E-state index contributed by atoms with van der Waals surface area (Å²) in [7, 11) is 1.69. The number of hydrogen-bond acceptors (Lipinski definition) is 8. The number of rotatable bonds is 10. The van der Waals surface area contributed by atoms with Crippen molar-refractivity contribution in [1.82, 2.24) is 15.0 Å². The highest BCUT2D eigenvalue weighted by molar-refractivity contribution is 5.34. The zero-order chi connectivity index (χ0) is 13.9. The summed E-state index contributed by atoms with van der Waals surface area (Å²) in [5.74, 6) is 6.04. The Morgan fingerprint density at radius 3 is 2.58 bits per heavy atom. The SMILES string of the molecule is CCCOc1nc(NN)nc(NCCCCOC)n1. The maximum Gasteiger partial charge on any atom is 0.323 e. The van der Waals surface area contributed by atoms with Crippen molar-refractivity contribution in [3.63, 3.8) is 0 Å². The standard InChI is InChI=1S/C11H22N6O2/c1-3-7-19-11-15-9(14-10(16-11)17-12)13-6-4-5-8-18-2/h3-8,12H2,1-2H3,(H2,13,14,15,16,17). The number of aromatic nitrogens is 3. The lowest BCUT2D eigenvalue weighted by atomic mass is 10.3. The molecule has 19 heavy (non-hydrogen) atoms. The molecule has 0 bridgehead atoms. The van der Waals surface area contributed by atoms with E-state index in [2.05, 4.69) is 25.7 Å². The number of methoxy groups -OCH3 is 1. The first-order valence-corrected chi connectivity index (χ1v) is 6.38. The summed E-state index contributed by atoms with van der Waals surface area (Å²) in [6.07, 6.45) is 2.84. The van der Waals surface area contributed by atoms with Gasteiger partial charge in [0.15, 0.2) is 0 Å². The van der Waals surface area contributed by atoms with Crippen LogP contribution >= 0.6 is 0 Å². The van der Waals surface area contributed by atoms with Crippen LogP contribution < -0.4 is 21.3 Å². The Hall–Kier alpha value is -1.67. The molecule has 0 unspecified atom stereocenters. The summed E-state index contributed by atoms with van der Waals surface area (Å²) in [5, 5.41) is 3.10. The average molecular weight is 270 g/mol. The van der Waals surface area contributed by atoms with E-state index in [1.54, 1.807) is 7.11 Å². The van der Waals surface area contributed by atoms with E-state index in [9.17, 15) is 0 Å². The van der Waals surface area contributed by atoms with E-state index < -0.39 is 0 Å². The van der Waals surface area contributed by atoms with Gasteiger partial charge in [-0.25, -0.2) is 5.84 Å². The Bertz CT molecular complexity index is 363. The predicted molar refractivity (Wildman–Crippen MR) is 73.0 cm³/mol. The summed E-state index contributed by atoms with van der Waals surface area (Å²) in [4.78, 5) is 12.3. The quantitative estimate of drug-likeness (QED) is 0.325. The van der Waals surface area contributed by atoms with Gasteiger partial charge >= 0.3 is 6.01 Å². The van der Waals surface area contributed by atoms with Gasteiger partial charge in [-0.1, -0.05) is 6.92 Å². The maximum atomic E-state index is 5.37. The van der Waals surface area contributed by atoms with Gasteiger partial charge in [-0.3, -0.25) is 5.43 Å². The highest BCUT2D eigenvalue weighted by Crippen LogP contribution is 2.10. The lowest BCUT2D eigenvalue weighted by Crippen LogP contribution is -2.15. The van der Waals surface area contributed by atoms with Crippen LogP contribution in [-0.2, 0) is 4.74 Å². The second kappa shape index (κ2) is 9.29. The summed E-state index contributed by atoms with van der Waals surface area (Å²) >= 11 is 0. The Kier molecular flexibility index (Phi) is 7.52. The third kappa shape index (κ3) is 6.16. The summed E-state index contributed by atoms with van der Waals surface area (Å²) in [6, 6.07) is 0.268. The Balaban J connectivity index is 2.50. The van der Waals surface area contributed by atoms with Crippen molar-refractivity contribution < 1.29 is 9.47 Å². The monoisotopic (exact) mass is 270 g/mol. The molecule has 1 heterocycles. The van der Waals surface area contributed by atoms with Gasteiger partial charge in [-0.2, -0.15) is 15.0 Å². The van der Waals surface area contributed by atoms with Crippen molar-refractivity contribution in [3.05, 3.63) is 0 Å². The first-order valence-electron chi connectivity index (χ1n) is 6.38. The first-order chi connectivity index (χ1) is 9.30. The molecule has 0 aliphatic heterocycles. The van der Waals surface area contributed by atoms with Crippen molar-refractivity contribution in [1.29, 1.82) is 0 Å². The van der Waals surface area contributed by atoms with E-state index >= 15 is 0 Å². The number of ether oxygens (including phenoxy) is 2. The van der Waals surface area contributed by atoms with Crippen LogP contribution in [0.2, 0.25) is 0 Å². The molecule has 0 spiro atoms. The molecule has 0 radical (unpaired) electrons. The number of hydrazine groups is 1. The molecule has 4 N–H and O–H groups in total. The van der Waals surface area contributed by atoms with E-state index in [0.717, 1.165) is 32.4 Å². The van der Waals surface area contributed by atoms with Crippen LogP contribution in [0, 0.1) is 0 Å². The van der Waals surface area contributed by atoms with Gasteiger partial charge in [0.25, 0.3) is 0 Å². The maximum absolute atomic E-state index is 5.37. The average Bonchev–Trinajstić information content (AvgIpc) is 2.44. The van der Waals surface area contributed by atoms with Crippen LogP contribution in [0.15, 0.2) is 0 Å². The minimum absolute atomic E-state index is 0.268. The fourth-order valence-electron chi connectivity index (χ4n) is 1.33. The van der Waals surface area contributed by atoms with E-state index in [4.69, 9.17) is 15.3 Å². The van der Waals surface area contributed by atoms with Crippen molar-refractivity contribution in [2.45, 2.75) is 26.2 Å². The molecule has 0 aliphatic carbocycles. The number of nitrogens with two attached hydrogens (primary N) is 1. The number of unbranched alkanes of at least 4 members (excludes halogenated alkanes) is 1. The lowest BCUT2D eigenvalue weighted by molar-refractivity contribution is 0.193. The Morgan fingerprint density at radius 1 is 1.11 bits per heavy atom. The number of nitrogens with one attached hydrogen (secondary N) is 2. The molecule has 8 nitrogen and oxygen atoms in total. The van der Waals surface area contributed by atoms with Crippen LogP contribution in [0.25, 0.3) is 0 Å². The molecule has 0 fully saturated rings. The van der Waals surface area contributed by atoms with Crippen molar-refractivity contribution in [2.24, 2.45) is 5.84 Å². The van der Waals surface area contributed by atoms with Crippen LogP contribution in [-0.4, -0.2) is 41.8 Å². The zero-order valence-electron chi connectivity index (χ0n) is 11.5. The van der Waals surface area contributed by atoms with Crippen molar-refractivity contribution >= 4 is 11.9 Å². The second-order valence-corrected chi connectivity index (χ2v) is 3.88. The third-order valence-electron chi connectivity index (χ3n) is 2.24. The second-order valence-electron chi connectivity index (χ2n) is 3.88. The summed E-state index contributed by atoms with van der Waals surface area (Å²) in [6.45, 7) is 4.07. The van der Waals surface area contributed by atoms with E-state index in [0.29, 0.717) is 12.6 Å². The van der Waals surface area contributed by atoms with E-state index in [1.807, 2.05) is 6.92 Å². The molecule has 0 saturated carbocycles. The molecule has 0 saturated heterocycles. The topological polar surface area (TPSA) is 107 Å². The van der Waals surface area contributed by atoms with Crippen LogP contribution in [0.4, 0.5) is 11.9 Å². The summed E-state index contributed by atoms with van der Waals surface area (Å²) < 4.78 is 10.3. The van der Waals surface area contributed by atoms with Crippen LogP contribution in [0.5, 0.6) is 6.01 Å². The molecule has 1 aromatic rings. The Labute approximate surface area is 113 Å². The molecule has 0 atom stereocenters. The highest BCUT2D eigenvalue weighted by Gasteiger charge is 2.06. The highest BCUT2D eigenvalue weighted by atomic mass is 16.5. The fourth-order valence-corrected chi connectivity index (χ4v) is 1.33. The van der Waals surface area contributed by atoms with E-state index in [-0.39, 0.29) is 12.0 Å². The number of nitrogen functional groups attached to an aromatic ring is 1. The molecule has 0 amide bonds. The minimum Gasteiger partial charge on any atom is -0.463 e. The van der Waals surface area contributed by atoms with Gasteiger partial charge in [-0.05, 0) is 19.3 Å². The van der Waals surface area contributed by atoms with Crippen molar-refractivity contribution in [2.75, 3.05) is 37.6 Å². The molecule has 108 valence electrons. The van der Waals surface area contributed by atoms with Gasteiger partial charge in [0.05, 0.1) is 6.61 Å².